The highest BCUT2D eigenvalue weighted by molar-refractivity contribution is 7.90. The van der Waals surface area contributed by atoms with Crippen molar-refractivity contribution in [2.45, 2.75) is 31.1 Å². The molecule has 0 radical (unpaired) electrons. The van der Waals surface area contributed by atoms with Crippen LogP contribution in [0.2, 0.25) is 0 Å². The highest BCUT2D eigenvalue weighted by Gasteiger charge is 2.43. The van der Waals surface area contributed by atoms with E-state index in [4.69, 9.17) is 11.2 Å². The van der Waals surface area contributed by atoms with E-state index in [-0.39, 0.29) is 13.2 Å². The first kappa shape index (κ1) is 11.5. The fraction of sp³-hybridized carbons (Fsp3) is 0.778. The summed E-state index contributed by atoms with van der Waals surface area (Å²) < 4.78 is 30.1. The van der Waals surface area contributed by atoms with Gasteiger partial charge >= 0.3 is 0 Å². The molecular formula is C9H15NO3S. The molecule has 0 saturated carbocycles. The van der Waals surface area contributed by atoms with Crippen LogP contribution in [-0.4, -0.2) is 31.9 Å². The summed E-state index contributed by atoms with van der Waals surface area (Å²) in [6.45, 7) is 5.37. The first-order chi connectivity index (χ1) is 6.22. The molecule has 1 fully saturated rings. The fourth-order valence-corrected chi connectivity index (χ4v) is 1.89. The first-order valence-corrected chi connectivity index (χ1v) is 5.80. The Morgan fingerprint density at radius 2 is 1.93 bits per heavy atom. The van der Waals surface area contributed by atoms with Gasteiger partial charge in [0.25, 0.3) is 0 Å². The number of sulfonamides is 1. The van der Waals surface area contributed by atoms with E-state index in [2.05, 4.69) is 10.6 Å². The topological polar surface area (TPSA) is 55.4 Å². The molecule has 1 aliphatic rings. The zero-order valence-electron chi connectivity index (χ0n) is 8.62. The van der Waals surface area contributed by atoms with Crippen LogP contribution in [0.3, 0.4) is 0 Å². The Kier molecular flexibility index (Phi) is 2.65. The van der Waals surface area contributed by atoms with Crippen LogP contribution in [0.1, 0.15) is 20.8 Å². The number of hydrogen-bond acceptors (Lipinski definition) is 3. The van der Waals surface area contributed by atoms with E-state index in [9.17, 15) is 8.42 Å². The van der Waals surface area contributed by atoms with Gasteiger partial charge in [0.15, 0.2) is 0 Å². The van der Waals surface area contributed by atoms with Gasteiger partial charge in [-0.05, 0) is 20.8 Å². The summed E-state index contributed by atoms with van der Waals surface area (Å²) in [4.78, 5) is 0. The van der Waals surface area contributed by atoms with Crippen molar-refractivity contribution >= 4 is 10.0 Å². The van der Waals surface area contributed by atoms with E-state index in [1.165, 1.54) is 0 Å². The van der Waals surface area contributed by atoms with E-state index in [1.807, 2.05) is 0 Å². The third kappa shape index (κ3) is 1.92. The van der Waals surface area contributed by atoms with Crippen LogP contribution < -0.4 is 4.72 Å². The van der Waals surface area contributed by atoms with Crippen LogP contribution in [0, 0.1) is 12.3 Å². The van der Waals surface area contributed by atoms with Crippen LogP contribution in [-0.2, 0) is 14.8 Å². The number of nitrogens with one attached hydrogen (secondary N) is 1. The molecule has 1 N–H and O–H groups in total. The van der Waals surface area contributed by atoms with E-state index in [1.54, 1.807) is 20.8 Å². The average Bonchev–Trinajstić information content (AvgIpc) is 1.94. The predicted molar refractivity (Wildman–Crippen MR) is 54.2 cm³/mol. The maximum absolute atomic E-state index is 11.8. The van der Waals surface area contributed by atoms with Crippen molar-refractivity contribution in [3.8, 4) is 12.3 Å². The second-order valence-electron chi connectivity index (χ2n) is 4.44. The molecule has 0 unspecified atom stereocenters. The van der Waals surface area contributed by atoms with Crippen LogP contribution in [0.5, 0.6) is 0 Å². The van der Waals surface area contributed by atoms with Gasteiger partial charge < -0.3 is 4.74 Å². The molecule has 0 amide bonds. The van der Waals surface area contributed by atoms with Gasteiger partial charge in [-0.2, -0.15) is 4.72 Å². The molecule has 14 heavy (non-hydrogen) atoms. The summed E-state index contributed by atoms with van der Waals surface area (Å²) >= 11 is 0. The van der Waals surface area contributed by atoms with Crippen LogP contribution >= 0.6 is 0 Å². The van der Waals surface area contributed by atoms with E-state index < -0.39 is 20.3 Å². The zero-order valence-corrected chi connectivity index (χ0v) is 9.44. The Labute approximate surface area is 85.1 Å². The lowest BCUT2D eigenvalue weighted by Crippen LogP contribution is -2.63. The molecular weight excluding hydrogens is 202 g/mol. The van der Waals surface area contributed by atoms with Crippen LogP contribution in [0.25, 0.3) is 0 Å². The molecule has 0 bridgehead atoms. The average molecular weight is 217 g/mol. The zero-order chi connectivity index (χ0) is 11.0. The summed E-state index contributed by atoms with van der Waals surface area (Å²) in [7, 11) is -3.40. The second-order valence-corrected chi connectivity index (χ2v) is 6.87. The third-order valence-corrected chi connectivity index (χ3v) is 4.38. The lowest BCUT2D eigenvalue weighted by Gasteiger charge is -2.38. The highest BCUT2D eigenvalue weighted by Crippen LogP contribution is 2.21. The van der Waals surface area contributed by atoms with E-state index in [0.717, 1.165) is 0 Å². The molecule has 5 heteroatoms. The van der Waals surface area contributed by atoms with Gasteiger partial charge in [0.05, 0.1) is 18.0 Å². The van der Waals surface area contributed by atoms with Crippen molar-refractivity contribution in [3.63, 3.8) is 0 Å². The quantitative estimate of drug-likeness (QED) is 0.668. The predicted octanol–water partition coefficient (Wildman–Crippen LogP) is 0.107. The maximum Gasteiger partial charge on any atom is 0.218 e. The molecule has 0 aromatic carbocycles. The van der Waals surface area contributed by atoms with Gasteiger partial charge in [-0.1, -0.05) is 5.92 Å². The van der Waals surface area contributed by atoms with Crippen molar-refractivity contribution in [2.75, 3.05) is 13.2 Å². The molecule has 1 rings (SSSR count). The van der Waals surface area contributed by atoms with Gasteiger partial charge in [0.1, 0.15) is 5.54 Å². The molecule has 0 atom stereocenters. The number of ether oxygens (including phenoxy) is 1. The Morgan fingerprint density at radius 3 is 2.14 bits per heavy atom. The van der Waals surface area contributed by atoms with Gasteiger partial charge in [0, 0.05) is 0 Å². The molecule has 1 saturated heterocycles. The minimum Gasteiger partial charge on any atom is -0.375 e. The van der Waals surface area contributed by atoms with Crippen molar-refractivity contribution in [3.05, 3.63) is 0 Å². The Bertz CT molecular complexity index is 354. The summed E-state index contributed by atoms with van der Waals surface area (Å²) in [6, 6.07) is 0. The molecule has 1 heterocycles. The minimum absolute atomic E-state index is 0.249. The summed E-state index contributed by atoms with van der Waals surface area (Å²) in [5.74, 6) is 2.43. The van der Waals surface area contributed by atoms with Crippen molar-refractivity contribution in [1.82, 2.24) is 4.72 Å². The Hall–Kier alpha value is -0.570. The Balaban J connectivity index is 2.84. The van der Waals surface area contributed by atoms with Gasteiger partial charge in [-0.3, -0.25) is 0 Å². The maximum atomic E-state index is 11.8. The number of terminal acetylenes is 1. The number of hydrogen-bond donors (Lipinski definition) is 1. The molecule has 4 nitrogen and oxygen atoms in total. The SMILES string of the molecule is C#CC1(NS(=O)(=O)C(C)(C)C)COC1. The van der Waals surface area contributed by atoms with Crippen molar-refractivity contribution in [2.24, 2.45) is 0 Å². The van der Waals surface area contributed by atoms with Crippen molar-refractivity contribution in [1.29, 1.82) is 0 Å². The molecule has 80 valence electrons. The summed E-state index contributed by atoms with van der Waals surface area (Å²) in [5.41, 5.74) is -0.827. The summed E-state index contributed by atoms with van der Waals surface area (Å²) in [5, 5.41) is 0. The van der Waals surface area contributed by atoms with Crippen LogP contribution in [0.15, 0.2) is 0 Å². The second kappa shape index (κ2) is 3.23. The third-order valence-electron chi connectivity index (χ3n) is 2.11. The van der Waals surface area contributed by atoms with Crippen molar-refractivity contribution < 1.29 is 13.2 Å². The largest absolute Gasteiger partial charge is 0.375 e. The molecule has 0 aromatic heterocycles. The molecule has 0 aliphatic carbocycles. The number of rotatable bonds is 2. The smallest absolute Gasteiger partial charge is 0.218 e. The standard InChI is InChI=1S/C9H15NO3S/c1-5-9(6-13-7-9)10-14(11,12)8(2,3)4/h1,10H,6-7H2,2-4H3. The normalized spacial score (nSPS) is 21.0. The monoisotopic (exact) mass is 217 g/mol. The van der Waals surface area contributed by atoms with E-state index >= 15 is 0 Å². The Morgan fingerprint density at radius 1 is 1.43 bits per heavy atom. The van der Waals surface area contributed by atoms with Crippen LogP contribution in [0.4, 0.5) is 0 Å². The summed E-state index contributed by atoms with van der Waals surface area (Å²) in [6.07, 6.45) is 5.26. The molecule has 0 aromatic rings. The lowest BCUT2D eigenvalue weighted by molar-refractivity contribution is -0.0315. The highest BCUT2D eigenvalue weighted by atomic mass is 32.2. The molecule has 0 spiro atoms. The first-order valence-electron chi connectivity index (χ1n) is 4.31. The molecule has 1 aliphatic heterocycles. The lowest BCUT2D eigenvalue weighted by atomic mass is 10.0. The van der Waals surface area contributed by atoms with Gasteiger partial charge in [-0.25, -0.2) is 8.42 Å². The van der Waals surface area contributed by atoms with E-state index in [0.29, 0.717) is 0 Å². The fourth-order valence-electron chi connectivity index (χ4n) is 0.888. The minimum atomic E-state index is -3.40. The van der Waals surface area contributed by atoms with Gasteiger partial charge in [0.2, 0.25) is 10.0 Å². The van der Waals surface area contributed by atoms with Gasteiger partial charge in [-0.15, -0.1) is 6.42 Å².